The SMILES string of the molecule is C=C1C(=O)O[C@H]2[C@H]1CC/C(COC(=O)/C=C/c1c(F)cccc1F)=C\CC[C@@]1(C)O[C@@H]21. The monoisotopic (exact) mass is 430 g/mol. The molecule has 1 aromatic carbocycles. The summed E-state index contributed by atoms with van der Waals surface area (Å²) in [5, 5.41) is 0. The topological polar surface area (TPSA) is 65.1 Å². The van der Waals surface area contributed by atoms with Gasteiger partial charge in [0.1, 0.15) is 30.4 Å². The molecule has 164 valence electrons. The third-order valence-corrected chi connectivity index (χ3v) is 6.22. The maximum atomic E-state index is 13.7. The van der Waals surface area contributed by atoms with Crippen molar-refractivity contribution in [3.05, 3.63) is 65.3 Å². The molecular weight excluding hydrogens is 406 g/mol. The molecule has 1 aliphatic carbocycles. The second-order valence-corrected chi connectivity index (χ2v) is 8.37. The number of halogens is 2. The first kappa shape index (κ1) is 21.4. The van der Waals surface area contributed by atoms with Crippen LogP contribution < -0.4 is 0 Å². The standard InChI is InChI=1S/C24H24F2O5/c1-14-16-9-8-15(5-4-12-24(2)22(31-24)21(16)30-23(14)28)13-29-20(27)11-10-17-18(25)6-3-7-19(17)26/h3,5-7,10-11,16,21-22H,1,4,8-9,12-13H2,2H3/b11-10+,15-5+/t16-,21-,22-,24+/m0/s1. The summed E-state index contributed by atoms with van der Waals surface area (Å²) in [4.78, 5) is 24.1. The number of hydrogen-bond acceptors (Lipinski definition) is 5. The Balaban J connectivity index is 1.39. The van der Waals surface area contributed by atoms with Crippen LogP contribution in [0.15, 0.2) is 48.1 Å². The Bertz CT molecular complexity index is 962. The highest BCUT2D eigenvalue weighted by molar-refractivity contribution is 5.91. The molecule has 0 bridgehead atoms. The molecule has 0 spiro atoms. The first-order valence-corrected chi connectivity index (χ1v) is 10.3. The lowest BCUT2D eigenvalue weighted by atomic mass is 9.84. The molecule has 4 rings (SSSR count). The van der Waals surface area contributed by atoms with Crippen LogP contribution in [0.3, 0.4) is 0 Å². The fourth-order valence-corrected chi connectivity index (χ4v) is 4.28. The number of hydrogen-bond donors (Lipinski definition) is 0. The normalized spacial score (nSPS) is 32.0. The van der Waals surface area contributed by atoms with E-state index in [0.29, 0.717) is 18.4 Å². The molecule has 0 aromatic heterocycles. The van der Waals surface area contributed by atoms with Gasteiger partial charge in [0, 0.05) is 23.1 Å². The minimum absolute atomic E-state index is 0.0581. The van der Waals surface area contributed by atoms with Crippen LogP contribution in [-0.2, 0) is 23.8 Å². The maximum absolute atomic E-state index is 13.7. The third-order valence-electron chi connectivity index (χ3n) is 6.22. The minimum atomic E-state index is -0.753. The van der Waals surface area contributed by atoms with Gasteiger partial charge in [-0.3, -0.25) is 0 Å². The van der Waals surface area contributed by atoms with E-state index < -0.39 is 17.6 Å². The lowest BCUT2D eigenvalue weighted by molar-refractivity contribution is -0.140. The highest BCUT2D eigenvalue weighted by atomic mass is 19.1. The van der Waals surface area contributed by atoms with Crippen LogP contribution in [0, 0.1) is 17.6 Å². The summed E-state index contributed by atoms with van der Waals surface area (Å²) in [7, 11) is 0. The summed E-state index contributed by atoms with van der Waals surface area (Å²) in [5.41, 5.74) is 0.734. The highest BCUT2D eigenvalue weighted by Crippen LogP contribution is 2.49. The van der Waals surface area contributed by atoms with Gasteiger partial charge < -0.3 is 14.2 Å². The molecule has 3 aliphatic rings. The van der Waals surface area contributed by atoms with Gasteiger partial charge in [-0.05, 0) is 56.4 Å². The summed E-state index contributed by atoms with van der Waals surface area (Å²) >= 11 is 0. The molecule has 2 aliphatic heterocycles. The Morgan fingerprint density at radius 2 is 2.10 bits per heavy atom. The smallest absolute Gasteiger partial charge is 0.334 e. The van der Waals surface area contributed by atoms with Crippen LogP contribution in [0.2, 0.25) is 0 Å². The largest absolute Gasteiger partial charge is 0.458 e. The predicted octanol–water partition coefficient (Wildman–Crippen LogP) is 4.28. The molecule has 2 fully saturated rings. The molecule has 0 saturated carbocycles. The Morgan fingerprint density at radius 3 is 2.84 bits per heavy atom. The molecule has 0 N–H and O–H groups in total. The third kappa shape index (κ3) is 4.46. The van der Waals surface area contributed by atoms with E-state index in [1.807, 2.05) is 13.0 Å². The highest BCUT2D eigenvalue weighted by Gasteiger charge is 2.61. The van der Waals surface area contributed by atoms with Crippen molar-refractivity contribution >= 4 is 18.0 Å². The number of rotatable bonds is 4. The molecule has 31 heavy (non-hydrogen) atoms. The molecule has 2 heterocycles. The van der Waals surface area contributed by atoms with Crippen LogP contribution in [0.5, 0.6) is 0 Å². The fourth-order valence-electron chi connectivity index (χ4n) is 4.28. The predicted molar refractivity (Wildman–Crippen MR) is 109 cm³/mol. The summed E-state index contributed by atoms with van der Waals surface area (Å²) < 4.78 is 44.0. The second kappa shape index (κ2) is 8.38. The van der Waals surface area contributed by atoms with Gasteiger partial charge in [-0.1, -0.05) is 18.7 Å². The Hall–Kier alpha value is -2.80. The van der Waals surface area contributed by atoms with Gasteiger partial charge >= 0.3 is 11.9 Å². The van der Waals surface area contributed by atoms with Crippen molar-refractivity contribution in [1.29, 1.82) is 0 Å². The molecular formula is C24H24F2O5. The van der Waals surface area contributed by atoms with Gasteiger partial charge in [0.25, 0.3) is 0 Å². The summed E-state index contributed by atoms with van der Waals surface area (Å²) in [5.74, 6) is -2.72. The molecule has 7 heteroatoms. The van der Waals surface area contributed by atoms with E-state index in [4.69, 9.17) is 14.2 Å². The zero-order valence-electron chi connectivity index (χ0n) is 17.2. The number of carbonyl (C=O) groups is 2. The Labute approximate surface area is 179 Å². The minimum Gasteiger partial charge on any atom is -0.458 e. The lowest BCUT2D eigenvalue weighted by Crippen LogP contribution is -2.29. The first-order valence-electron chi connectivity index (χ1n) is 10.3. The van der Waals surface area contributed by atoms with Crippen molar-refractivity contribution in [1.82, 2.24) is 0 Å². The van der Waals surface area contributed by atoms with Gasteiger partial charge in [-0.15, -0.1) is 0 Å². The zero-order chi connectivity index (χ0) is 22.2. The van der Waals surface area contributed by atoms with E-state index in [1.165, 1.54) is 6.07 Å². The van der Waals surface area contributed by atoms with Crippen molar-refractivity contribution in [3.8, 4) is 0 Å². The zero-order valence-corrected chi connectivity index (χ0v) is 17.2. The maximum Gasteiger partial charge on any atom is 0.334 e. The van der Waals surface area contributed by atoms with E-state index in [0.717, 1.165) is 42.7 Å². The van der Waals surface area contributed by atoms with E-state index in [2.05, 4.69) is 6.58 Å². The molecule has 0 amide bonds. The second-order valence-electron chi connectivity index (χ2n) is 8.37. The molecule has 0 radical (unpaired) electrons. The number of esters is 2. The molecule has 4 atom stereocenters. The fraction of sp³-hybridized carbons (Fsp3) is 0.417. The summed E-state index contributed by atoms with van der Waals surface area (Å²) in [6, 6.07) is 3.49. The van der Waals surface area contributed by atoms with E-state index in [1.54, 1.807) is 0 Å². The average molecular weight is 430 g/mol. The van der Waals surface area contributed by atoms with Gasteiger partial charge in [-0.2, -0.15) is 0 Å². The molecule has 5 nitrogen and oxygen atoms in total. The Morgan fingerprint density at radius 1 is 1.35 bits per heavy atom. The summed E-state index contributed by atoms with van der Waals surface area (Å²) in [6.45, 7) is 5.95. The molecule has 0 unspecified atom stereocenters. The average Bonchev–Trinajstić information content (AvgIpc) is 3.31. The van der Waals surface area contributed by atoms with Gasteiger partial charge in [0.05, 0.1) is 5.60 Å². The van der Waals surface area contributed by atoms with Gasteiger partial charge in [-0.25, -0.2) is 18.4 Å². The molecule has 1 aromatic rings. The van der Waals surface area contributed by atoms with Crippen molar-refractivity contribution < 1.29 is 32.6 Å². The Kier molecular flexibility index (Phi) is 5.79. The number of epoxide rings is 1. The van der Waals surface area contributed by atoms with Crippen LogP contribution in [0.1, 0.15) is 38.2 Å². The van der Waals surface area contributed by atoms with Crippen LogP contribution in [-0.4, -0.2) is 36.4 Å². The van der Waals surface area contributed by atoms with Gasteiger partial charge in [0.2, 0.25) is 0 Å². The van der Waals surface area contributed by atoms with Crippen LogP contribution in [0.25, 0.3) is 6.08 Å². The van der Waals surface area contributed by atoms with Crippen LogP contribution >= 0.6 is 0 Å². The van der Waals surface area contributed by atoms with E-state index >= 15 is 0 Å². The number of carbonyl (C=O) groups excluding carboxylic acids is 2. The number of ether oxygens (including phenoxy) is 3. The van der Waals surface area contributed by atoms with Crippen molar-refractivity contribution in [3.63, 3.8) is 0 Å². The van der Waals surface area contributed by atoms with Crippen molar-refractivity contribution in [2.24, 2.45) is 5.92 Å². The number of fused-ring (bicyclic) bond motifs is 3. The van der Waals surface area contributed by atoms with E-state index in [9.17, 15) is 18.4 Å². The number of benzene rings is 1. The van der Waals surface area contributed by atoms with Crippen molar-refractivity contribution in [2.75, 3.05) is 6.61 Å². The summed E-state index contributed by atoms with van der Waals surface area (Å²) in [6.07, 6.45) is 6.39. The first-order chi connectivity index (χ1) is 14.8. The van der Waals surface area contributed by atoms with E-state index in [-0.39, 0.29) is 41.9 Å². The quantitative estimate of drug-likeness (QED) is 0.309. The lowest BCUT2D eigenvalue weighted by Gasteiger charge is -2.20. The molecule has 2 saturated heterocycles. The van der Waals surface area contributed by atoms with Crippen molar-refractivity contribution in [2.45, 2.75) is 50.4 Å². The van der Waals surface area contributed by atoms with Gasteiger partial charge in [0.15, 0.2) is 0 Å². The van der Waals surface area contributed by atoms with Crippen LogP contribution in [0.4, 0.5) is 8.78 Å². The number of allylic oxidation sites excluding steroid dienone is 1.